The fraction of sp³-hybridized carbons (Fsp3) is 0.250. The lowest BCUT2D eigenvalue weighted by Gasteiger charge is -2.20. The van der Waals surface area contributed by atoms with Gasteiger partial charge in [-0.2, -0.15) is 0 Å². The zero-order valence-electron chi connectivity index (χ0n) is 11.4. The molecular formula is C16H16Cl3N. The van der Waals surface area contributed by atoms with E-state index in [2.05, 4.69) is 12.2 Å². The van der Waals surface area contributed by atoms with Crippen molar-refractivity contribution in [2.45, 2.75) is 26.3 Å². The molecule has 0 fully saturated rings. The summed E-state index contributed by atoms with van der Waals surface area (Å²) in [5.74, 6) is 0. The van der Waals surface area contributed by atoms with E-state index in [1.54, 1.807) is 6.07 Å². The minimum Gasteiger partial charge on any atom is -0.378 e. The Labute approximate surface area is 134 Å². The summed E-state index contributed by atoms with van der Waals surface area (Å²) in [6.07, 6.45) is 0.910. The molecule has 2 aromatic carbocycles. The van der Waals surface area contributed by atoms with E-state index in [-0.39, 0.29) is 6.04 Å². The molecule has 0 heterocycles. The lowest BCUT2D eigenvalue weighted by Crippen LogP contribution is -2.10. The third-order valence-corrected chi connectivity index (χ3v) is 4.23. The van der Waals surface area contributed by atoms with E-state index >= 15 is 0 Å². The largest absolute Gasteiger partial charge is 0.378 e. The molecule has 0 aliphatic rings. The number of aryl methyl sites for hydroxylation is 1. The molecule has 0 saturated heterocycles. The molecule has 1 unspecified atom stereocenters. The van der Waals surface area contributed by atoms with Gasteiger partial charge in [-0.3, -0.25) is 0 Å². The standard InChI is InChI=1S/C16H16Cl3N/c1-3-16(13-7-5-11(17)8-15(13)19)20-12-6-4-10(2)14(18)9-12/h4-9,16,20H,3H2,1-2H3. The highest BCUT2D eigenvalue weighted by Gasteiger charge is 2.13. The van der Waals surface area contributed by atoms with Crippen molar-refractivity contribution in [3.8, 4) is 0 Å². The average Bonchev–Trinajstić information content (AvgIpc) is 2.41. The maximum absolute atomic E-state index is 6.28. The molecule has 106 valence electrons. The van der Waals surface area contributed by atoms with Crippen molar-refractivity contribution in [2.75, 3.05) is 5.32 Å². The highest BCUT2D eigenvalue weighted by atomic mass is 35.5. The molecule has 0 saturated carbocycles. The summed E-state index contributed by atoms with van der Waals surface area (Å²) in [5.41, 5.74) is 3.09. The number of nitrogens with one attached hydrogen (secondary N) is 1. The molecule has 0 aliphatic carbocycles. The van der Waals surface area contributed by atoms with Crippen LogP contribution in [0.5, 0.6) is 0 Å². The van der Waals surface area contributed by atoms with Gasteiger partial charge in [0.1, 0.15) is 0 Å². The summed E-state index contributed by atoms with van der Waals surface area (Å²) in [6, 6.07) is 11.7. The second-order valence-electron chi connectivity index (χ2n) is 4.73. The lowest BCUT2D eigenvalue weighted by molar-refractivity contribution is 0.749. The third kappa shape index (κ3) is 3.60. The van der Waals surface area contributed by atoms with Crippen LogP contribution >= 0.6 is 34.8 Å². The topological polar surface area (TPSA) is 12.0 Å². The molecule has 0 spiro atoms. The Bertz CT molecular complexity index is 611. The molecule has 0 bridgehead atoms. The predicted octanol–water partition coefficient (Wildman–Crippen LogP) is 6.52. The molecule has 4 heteroatoms. The Morgan fingerprint density at radius 3 is 2.35 bits per heavy atom. The maximum atomic E-state index is 6.28. The Morgan fingerprint density at radius 1 is 1.00 bits per heavy atom. The zero-order chi connectivity index (χ0) is 14.7. The van der Waals surface area contributed by atoms with E-state index in [1.165, 1.54) is 0 Å². The van der Waals surface area contributed by atoms with Crippen LogP contribution in [0.25, 0.3) is 0 Å². The van der Waals surface area contributed by atoms with Crippen molar-refractivity contribution < 1.29 is 0 Å². The summed E-state index contributed by atoms with van der Waals surface area (Å²) in [7, 11) is 0. The molecule has 1 atom stereocenters. The second kappa shape index (κ2) is 6.71. The second-order valence-corrected chi connectivity index (χ2v) is 5.99. The van der Waals surface area contributed by atoms with E-state index < -0.39 is 0 Å². The van der Waals surface area contributed by atoms with Gasteiger partial charge in [-0.15, -0.1) is 0 Å². The van der Waals surface area contributed by atoms with Gasteiger partial charge in [-0.1, -0.05) is 53.9 Å². The summed E-state index contributed by atoms with van der Waals surface area (Å²) in [5, 5.41) is 5.54. The quantitative estimate of drug-likeness (QED) is 0.673. The van der Waals surface area contributed by atoms with Gasteiger partial charge in [0, 0.05) is 20.8 Å². The first-order valence-corrected chi connectivity index (χ1v) is 7.62. The Morgan fingerprint density at radius 2 is 1.75 bits per heavy atom. The van der Waals surface area contributed by atoms with E-state index in [0.717, 1.165) is 28.3 Å². The van der Waals surface area contributed by atoms with E-state index in [1.807, 2.05) is 37.3 Å². The molecule has 1 N–H and O–H groups in total. The Balaban J connectivity index is 2.26. The van der Waals surface area contributed by atoms with Crippen LogP contribution in [0.3, 0.4) is 0 Å². The summed E-state index contributed by atoms with van der Waals surface area (Å²) >= 11 is 18.4. The van der Waals surface area contributed by atoms with Crippen molar-refractivity contribution in [2.24, 2.45) is 0 Å². The van der Waals surface area contributed by atoms with Gasteiger partial charge in [0.15, 0.2) is 0 Å². The van der Waals surface area contributed by atoms with Crippen LogP contribution in [-0.2, 0) is 0 Å². The molecular weight excluding hydrogens is 313 g/mol. The highest BCUT2D eigenvalue weighted by Crippen LogP contribution is 2.31. The number of halogens is 3. The van der Waals surface area contributed by atoms with Crippen LogP contribution in [-0.4, -0.2) is 0 Å². The normalized spacial score (nSPS) is 12.2. The molecule has 0 amide bonds. The molecule has 1 nitrogen and oxygen atoms in total. The van der Waals surface area contributed by atoms with Gasteiger partial charge in [0.2, 0.25) is 0 Å². The van der Waals surface area contributed by atoms with Crippen molar-refractivity contribution in [1.29, 1.82) is 0 Å². The van der Waals surface area contributed by atoms with Gasteiger partial charge in [0.25, 0.3) is 0 Å². The van der Waals surface area contributed by atoms with Crippen LogP contribution in [0.15, 0.2) is 36.4 Å². The summed E-state index contributed by atoms with van der Waals surface area (Å²) < 4.78 is 0. The van der Waals surface area contributed by atoms with Gasteiger partial charge in [-0.05, 0) is 48.7 Å². The minimum absolute atomic E-state index is 0.124. The predicted molar refractivity (Wildman–Crippen MR) is 89.3 cm³/mol. The van der Waals surface area contributed by atoms with E-state index in [0.29, 0.717) is 10.0 Å². The first-order chi connectivity index (χ1) is 9.51. The molecule has 0 aromatic heterocycles. The fourth-order valence-electron chi connectivity index (χ4n) is 2.07. The first-order valence-electron chi connectivity index (χ1n) is 6.49. The SMILES string of the molecule is CCC(Nc1ccc(C)c(Cl)c1)c1ccc(Cl)cc1Cl. The smallest absolute Gasteiger partial charge is 0.0525 e. The van der Waals surface area contributed by atoms with Crippen LogP contribution in [0.1, 0.15) is 30.5 Å². The zero-order valence-corrected chi connectivity index (χ0v) is 13.7. The number of rotatable bonds is 4. The molecule has 2 rings (SSSR count). The van der Waals surface area contributed by atoms with Crippen molar-refractivity contribution >= 4 is 40.5 Å². The number of anilines is 1. The summed E-state index contributed by atoms with van der Waals surface area (Å²) in [4.78, 5) is 0. The highest BCUT2D eigenvalue weighted by molar-refractivity contribution is 6.35. The van der Waals surface area contributed by atoms with Crippen LogP contribution < -0.4 is 5.32 Å². The molecule has 2 aromatic rings. The number of benzene rings is 2. The van der Waals surface area contributed by atoms with Gasteiger partial charge < -0.3 is 5.32 Å². The van der Waals surface area contributed by atoms with Gasteiger partial charge in [-0.25, -0.2) is 0 Å². The maximum Gasteiger partial charge on any atom is 0.0525 e. The van der Waals surface area contributed by atoms with E-state index in [9.17, 15) is 0 Å². The van der Waals surface area contributed by atoms with Crippen molar-refractivity contribution in [1.82, 2.24) is 0 Å². The van der Waals surface area contributed by atoms with E-state index in [4.69, 9.17) is 34.8 Å². The Hall–Kier alpha value is -0.890. The fourth-order valence-corrected chi connectivity index (χ4v) is 2.79. The Kier molecular flexibility index (Phi) is 5.20. The van der Waals surface area contributed by atoms with Crippen LogP contribution in [0, 0.1) is 6.92 Å². The molecule has 0 radical (unpaired) electrons. The third-order valence-electron chi connectivity index (χ3n) is 3.26. The molecule has 0 aliphatic heterocycles. The summed E-state index contributed by atoms with van der Waals surface area (Å²) in [6.45, 7) is 4.10. The van der Waals surface area contributed by atoms with Crippen molar-refractivity contribution in [3.05, 3.63) is 62.6 Å². The monoisotopic (exact) mass is 327 g/mol. The minimum atomic E-state index is 0.124. The van der Waals surface area contributed by atoms with Crippen LogP contribution in [0.2, 0.25) is 15.1 Å². The van der Waals surface area contributed by atoms with Crippen LogP contribution in [0.4, 0.5) is 5.69 Å². The molecule has 20 heavy (non-hydrogen) atoms. The van der Waals surface area contributed by atoms with Crippen molar-refractivity contribution in [3.63, 3.8) is 0 Å². The number of hydrogen-bond acceptors (Lipinski definition) is 1. The average molecular weight is 329 g/mol. The number of hydrogen-bond donors (Lipinski definition) is 1. The van der Waals surface area contributed by atoms with Gasteiger partial charge >= 0.3 is 0 Å². The lowest BCUT2D eigenvalue weighted by atomic mass is 10.0. The first kappa shape index (κ1) is 15.5. The van der Waals surface area contributed by atoms with Gasteiger partial charge in [0.05, 0.1) is 6.04 Å².